The zero-order valence-corrected chi connectivity index (χ0v) is 13.6. The largest absolute Gasteiger partial charge is 0.462 e. The molecule has 0 aromatic heterocycles. The van der Waals surface area contributed by atoms with Crippen molar-refractivity contribution in [3.05, 3.63) is 64.7 Å². The zero-order valence-electron chi connectivity index (χ0n) is 12.9. The van der Waals surface area contributed by atoms with E-state index < -0.39 is 24.6 Å². The van der Waals surface area contributed by atoms with Crippen molar-refractivity contribution in [1.29, 1.82) is 0 Å². The minimum atomic E-state index is -1.31. The molecule has 1 fully saturated rings. The summed E-state index contributed by atoms with van der Waals surface area (Å²) >= 11 is 5.89. The first-order valence-corrected chi connectivity index (χ1v) is 8.06. The van der Waals surface area contributed by atoms with Gasteiger partial charge in [0.05, 0.1) is 6.61 Å². The molecule has 2 aromatic rings. The molecule has 0 bridgehead atoms. The fourth-order valence-electron chi connectivity index (χ4n) is 2.58. The lowest BCUT2D eigenvalue weighted by molar-refractivity contribution is -0.242. The second kappa shape index (κ2) is 7.51. The zero-order chi connectivity index (χ0) is 17.1. The summed E-state index contributed by atoms with van der Waals surface area (Å²) in [6.45, 7) is -0.0899. The van der Waals surface area contributed by atoms with Gasteiger partial charge in [-0.25, -0.2) is 0 Å². The molecule has 0 unspecified atom stereocenters. The quantitative estimate of drug-likeness (QED) is 0.783. The van der Waals surface area contributed by atoms with Gasteiger partial charge in [0.15, 0.2) is 0 Å². The summed E-state index contributed by atoms with van der Waals surface area (Å²) in [6.07, 6.45) is -4.02. The monoisotopic (exact) mass is 350 g/mol. The van der Waals surface area contributed by atoms with Crippen molar-refractivity contribution in [1.82, 2.24) is 0 Å². The van der Waals surface area contributed by atoms with Crippen LogP contribution in [-0.4, -0.2) is 46.5 Å². The first-order chi connectivity index (χ1) is 11.5. The molecule has 1 aliphatic heterocycles. The van der Waals surface area contributed by atoms with Crippen LogP contribution in [0.5, 0.6) is 5.75 Å². The van der Waals surface area contributed by atoms with Gasteiger partial charge in [0.1, 0.15) is 24.1 Å². The van der Waals surface area contributed by atoms with Gasteiger partial charge < -0.3 is 24.8 Å². The van der Waals surface area contributed by atoms with Crippen LogP contribution in [0.25, 0.3) is 0 Å². The Morgan fingerprint density at radius 3 is 2.50 bits per heavy atom. The third-order valence-corrected chi connectivity index (χ3v) is 4.18. The van der Waals surface area contributed by atoms with E-state index in [0.717, 1.165) is 11.1 Å². The van der Waals surface area contributed by atoms with Gasteiger partial charge in [0.25, 0.3) is 0 Å². The average molecular weight is 351 g/mol. The Labute approximate surface area is 145 Å². The van der Waals surface area contributed by atoms with Crippen molar-refractivity contribution in [2.75, 3.05) is 6.61 Å². The Kier molecular flexibility index (Phi) is 5.38. The fourth-order valence-corrected chi connectivity index (χ4v) is 2.71. The van der Waals surface area contributed by atoms with E-state index in [4.69, 9.17) is 21.1 Å². The van der Waals surface area contributed by atoms with Crippen molar-refractivity contribution < 1.29 is 24.8 Å². The maximum atomic E-state index is 9.93. The minimum absolute atomic E-state index is 0.0899. The van der Waals surface area contributed by atoms with Crippen LogP contribution in [0.2, 0.25) is 5.02 Å². The highest BCUT2D eigenvalue weighted by Crippen LogP contribution is 2.23. The molecular formula is C18H19ClO5. The number of benzene rings is 2. The molecule has 1 aliphatic rings. The lowest BCUT2D eigenvalue weighted by atomic mass is 10.0. The van der Waals surface area contributed by atoms with Gasteiger partial charge in [-0.1, -0.05) is 35.9 Å². The Bertz CT molecular complexity index is 675. The molecule has 128 valence electrons. The SMILES string of the molecule is O[C@@H]1[C@@H](O)[C@H](Oc2cccc(Cc3ccc(Cl)cc3)c2)OC[C@H]1O. The Hall–Kier alpha value is -1.63. The van der Waals surface area contributed by atoms with Gasteiger partial charge in [-0.15, -0.1) is 0 Å². The van der Waals surface area contributed by atoms with E-state index in [1.165, 1.54) is 0 Å². The van der Waals surface area contributed by atoms with E-state index >= 15 is 0 Å². The van der Waals surface area contributed by atoms with E-state index in [2.05, 4.69) is 0 Å². The fraction of sp³-hybridized carbons (Fsp3) is 0.333. The molecular weight excluding hydrogens is 332 g/mol. The molecule has 2 aromatic carbocycles. The molecule has 5 nitrogen and oxygen atoms in total. The third-order valence-electron chi connectivity index (χ3n) is 3.93. The van der Waals surface area contributed by atoms with Crippen LogP contribution in [0, 0.1) is 0 Å². The molecule has 0 radical (unpaired) electrons. The Morgan fingerprint density at radius 1 is 1.00 bits per heavy atom. The number of ether oxygens (including phenoxy) is 2. The molecule has 4 atom stereocenters. The highest BCUT2D eigenvalue weighted by Gasteiger charge is 2.38. The lowest BCUT2D eigenvalue weighted by Gasteiger charge is -2.34. The smallest absolute Gasteiger partial charge is 0.228 e. The highest BCUT2D eigenvalue weighted by atomic mass is 35.5. The van der Waals surface area contributed by atoms with Crippen LogP contribution in [0.15, 0.2) is 48.5 Å². The molecule has 6 heteroatoms. The lowest BCUT2D eigenvalue weighted by Crippen LogP contribution is -2.54. The number of rotatable bonds is 4. The van der Waals surface area contributed by atoms with Crippen molar-refractivity contribution in [2.24, 2.45) is 0 Å². The second-order valence-electron chi connectivity index (χ2n) is 5.82. The number of halogens is 1. The summed E-state index contributed by atoms with van der Waals surface area (Å²) in [5, 5.41) is 29.8. The molecule has 0 aliphatic carbocycles. The molecule has 1 heterocycles. The van der Waals surface area contributed by atoms with Crippen molar-refractivity contribution in [2.45, 2.75) is 31.0 Å². The first-order valence-electron chi connectivity index (χ1n) is 7.69. The summed E-state index contributed by atoms with van der Waals surface area (Å²) in [7, 11) is 0. The van der Waals surface area contributed by atoms with Gasteiger partial charge in [0.2, 0.25) is 6.29 Å². The first kappa shape index (κ1) is 17.2. The van der Waals surface area contributed by atoms with Crippen LogP contribution >= 0.6 is 11.6 Å². The molecule has 24 heavy (non-hydrogen) atoms. The van der Waals surface area contributed by atoms with Crippen LogP contribution < -0.4 is 4.74 Å². The molecule has 0 amide bonds. The predicted octanol–water partition coefficient (Wildman–Crippen LogP) is 1.75. The Balaban J connectivity index is 1.68. The maximum Gasteiger partial charge on any atom is 0.228 e. The van der Waals surface area contributed by atoms with Gasteiger partial charge in [-0.3, -0.25) is 0 Å². The van der Waals surface area contributed by atoms with Gasteiger partial charge in [-0.2, -0.15) is 0 Å². The predicted molar refractivity (Wildman–Crippen MR) is 89.1 cm³/mol. The Morgan fingerprint density at radius 2 is 1.75 bits per heavy atom. The van der Waals surface area contributed by atoms with Crippen LogP contribution in [0.1, 0.15) is 11.1 Å². The van der Waals surface area contributed by atoms with Crippen molar-refractivity contribution in [3.63, 3.8) is 0 Å². The molecule has 3 rings (SSSR count). The number of aliphatic hydroxyl groups is 3. The number of hydrogen-bond donors (Lipinski definition) is 3. The van der Waals surface area contributed by atoms with Crippen molar-refractivity contribution in [3.8, 4) is 5.75 Å². The minimum Gasteiger partial charge on any atom is -0.462 e. The molecule has 1 saturated heterocycles. The highest BCUT2D eigenvalue weighted by molar-refractivity contribution is 6.30. The summed E-state index contributed by atoms with van der Waals surface area (Å²) in [5.41, 5.74) is 2.14. The van der Waals surface area contributed by atoms with Gasteiger partial charge in [0, 0.05) is 5.02 Å². The summed E-state index contributed by atoms with van der Waals surface area (Å²) in [6, 6.07) is 15.0. The molecule has 0 spiro atoms. The van der Waals surface area contributed by atoms with E-state index in [1.54, 1.807) is 6.07 Å². The molecule has 0 saturated carbocycles. The van der Waals surface area contributed by atoms with E-state index in [1.807, 2.05) is 42.5 Å². The van der Waals surface area contributed by atoms with Crippen LogP contribution in [0.3, 0.4) is 0 Å². The molecule has 3 N–H and O–H groups in total. The van der Waals surface area contributed by atoms with E-state index in [9.17, 15) is 15.3 Å². The topological polar surface area (TPSA) is 79.2 Å². The number of aliphatic hydroxyl groups excluding tert-OH is 3. The third kappa shape index (κ3) is 4.06. The summed E-state index contributed by atoms with van der Waals surface area (Å²) < 4.78 is 10.9. The number of hydrogen-bond acceptors (Lipinski definition) is 5. The van der Waals surface area contributed by atoms with E-state index in [-0.39, 0.29) is 6.61 Å². The van der Waals surface area contributed by atoms with Crippen LogP contribution in [0.4, 0.5) is 0 Å². The second-order valence-corrected chi connectivity index (χ2v) is 6.26. The normalized spacial score (nSPS) is 27.0. The summed E-state index contributed by atoms with van der Waals surface area (Å²) in [4.78, 5) is 0. The summed E-state index contributed by atoms with van der Waals surface area (Å²) in [5.74, 6) is 0.522. The van der Waals surface area contributed by atoms with Crippen LogP contribution in [-0.2, 0) is 11.2 Å². The van der Waals surface area contributed by atoms with Gasteiger partial charge >= 0.3 is 0 Å². The average Bonchev–Trinajstić information content (AvgIpc) is 2.58. The standard InChI is InChI=1S/C18H19ClO5/c19-13-6-4-11(5-7-13)8-12-2-1-3-14(9-12)24-18-17(22)16(21)15(20)10-23-18/h1-7,9,15-18,20-22H,8,10H2/t15-,16+,17-,18+/m1/s1. The van der Waals surface area contributed by atoms with E-state index in [0.29, 0.717) is 17.2 Å². The van der Waals surface area contributed by atoms with Crippen molar-refractivity contribution >= 4 is 11.6 Å². The maximum absolute atomic E-state index is 9.93. The van der Waals surface area contributed by atoms with Gasteiger partial charge in [-0.05, 0) is 41.8 Å².